The van der Waals surface area contributed by atoms with Crippen LogP contribution in [0.1, 0.15) is 61.1 Å². The average Bonchev–Trinajstić information content (AvgIpc) is 0.937. The van der Waals surface area contributed by atoms with Gasteiger partial charge in [-0.1, -0.05) is 172 Å². The zero-order valence-corrected chi connectivity index (χ0v) is 51.6. The summed E-state index contributed by atoms with van der Waals surface area (Å²) in [5.41, 5.74) is 20.5. The Hall–Kier alpha value is -9.98. The lowest BCUT2D eigenvalue weighted by molar-refractivity contribution is 0.633. The van der Waals surface area contributed by atoms with Gasteiger partial charge in [0.1, 0.15) is 0 Å². The number of para-hydroxylation sites is 4. The lowest BCUT2D eigenvalue weighted by Gasteiger charge is -2.45. The molecule has 0 spiro atoms. The van der Waals surface area contributed by atoms with Crippen LogP contribution in [0, 0.1) is 13.8 Å². The maximum Gasteiger partial charge on any atom is 0.0620 e. The SMILES string of the molecule is Cc1ccc2c(N3c4ccc(N(c5ccccc5)c5ccccc5)cc4C(C)(C)c4cc5c(cc43)sc3ccccc35)c3cc(C)ccc3c(N3c4ccc(N(c5ccccc5)c5ccccc5)cc4C(C)(C)c4cc5c(cc43)sc3ccccc35)c2c1. The molecule has 0 bridgehead atoms. The van der Waals surface area contributed by atoms with Crippen molar-refractivity contribution in [3.8, 4) is 0 Å². The van der Waals surface area contributed by atoms with Crippen LogP contribution in [0.3, 0.4) is 0 Å². The van der Waals surface area contributed by atoms with Gasteiger partial charge < -0.3 is 19.6 Å². The van der Waals surface area contributed by atoms with Crippen molar-refractivity contribution in [2.24, 2.45) is 0 Å². The Labute approximate surface area is 521 Å². The van der Waals surface area contributed by atoms with E-state index in [1.165, 1.54) is 129 Å². The number of aryl methyl sites for hydroxylation is 2. The third-order valence-corrected chi connectivity index (χ3v) is 21.3. The van der Waals surface area contributed by atoms with Crippen molar-refractivity contribution in [1.82, 2.24) is 0 Å². The Kier molecular flexibility index (Phi) is 11.8. The first-order valence-electron chi connectivity index (χ1n) is 30.6. The second-order valence-electron chi connectivity index (χ2n) is 25.1. The molecule has 0 unspecified atom stereocenters. The summed E-state index contributed by atoms with van der Waals surface area (Å²) in [4.78, 5) is 10.1. The van der Waals surface area contributed by atoms with E-state index in [2.05, 4.69) is 328 Å². The van der Waals surface area contributed by atoms with Gasteiger partial charge in [0.15, 0.2) is 0 Å². The number of nitrogens with zero attached hydrogens (tertiary/aromatic N) is 4. The number of hydrogen-bond donors (Lipinski definition) is 0. The predicted molar refractivity (Wildman–Crippen MR) is 380 cm³/mol. The Morgan fingerprint density at radius 2 is 0.602 bits per heavy atom. The fraction of sp³-hybridized carbons (Fsp3) is 0.0976. The minimum atomic E-state index is -0.410. The van der Waals surface area contributed by atoms with Crippen LogP contribution in [0.2, 0.25) is 0 Å². The molecule has 6 heteroatoms. The summed E-state index contributed by atoms with van der Waals surface area (Å²) in [6, 6.07) is 100. The molecule has 0 radical (unpaired) electrons. The fourth-order valence-electron chi connectivity index (χ4n) is 14.7. The smallest absolute Gasteiger partial charge is 0.0620 e. The molecular formula is C82H62N4S2. The molecular weight excluding hydrogens is 1110 g/mol. The van der Waals surface area contributed by atoms with E-state index in [1.807, 2.05) is 22.7 Å². The summed E-state index contributed by atoms with van der Waals surface area (Å²) >= 11 is 3.79. The summed E-state index contributed by atoms with van der Waals surface area (Å²) in [5, 5.41) is 9.99. The van der Waals surface area contributed by atoms with Gasteiger partial charge in [-0.2, -0.15) is 0 Å². The first-order chi connectivity index (χ1) is 43.0. The predicted octanol–water partition coefficient (Wildman–Crippen LogP) is 24.5. The van der Waals surface area contributed by atoms with E-state index in [-0.39, 0.29) is 0 Å². The van der Waals surface area contributed by atoms with E-state index in [0.717, 1.165) is 34.1 Å². The van der Waals surface area contributed by atoms with Crippen LogP contribution in [-0.2, 0) is 10.8 Å². The van der Waals surface area contributed by atoms with Crippen LogP contribution in [0.5, 0.6) is 0 Å². The summed E-state index contributed by atoms with van der Waals surface area (Å²) in [6.45, 7) is 14.3. The van der Waals surface area contributed by atoms with E-state index in [0.29, 0.717) is 0 Å². The minimum absolute atomic E-state index is 0.410. The van der Waals surface area contributed by atoms with Crippen LogP contribution in [0.4, 0.5) is 68.2 Å². The monoisotopic (exact) mass is 1170 g/mol. The number of rotatable bonds is 8. The topological polar surface area (TPSA) is 13.0 Å². The molecule has 0 N–H and O–H groups in total. The quantitative estimate of drug-likeness (QED) is 0.141. The van der Waals surface area contributed by atoms with Crippen molar-refractivity contribution >= 4 is 153 Å². The largest absolute Gasteiger partial charge is 0.310 e. The van der Waals surface area contributed by atoms with Gasteiger partial charge in [-0.15, -0.1) is 22.7 Å². The van der Waals surface area contributed by atoms with Crippen LogP contribution >= 0.6 is 22.7 Å². The van der Waals surface area contributed by atoms with Crippen LogP contribution < -0.4 is 19.6 Å². The van der Waals surface area contributed by atoms with Gasteiger partial charge in [0, 0.05) is 107 Å². The highest BCUT2D eigenvalue weighted by Crippen LogP contribution is 2.62. The van der Waals surface area contributed by atoms with E-state index in [9.17, 15) is 0 Å². The van der Waals surface area contributed by atoms with Crippen molar-refractivity contribution in [3.05, 3.63) is 300 Å². The van der Waals surface area contributed by atoms with Crippen LogP contribution in [-0.4, -0.2) is 0 Å². The Morgan fingerprint density at radius 3 is 0.977 bits per heavy atom. The normalized spacial score (nSPS) is 13.9. The van der Waals surface area contributed by atoms with Gasteiger partial charge in [0.25, 0.3) is 0 Å². The lowest BCUT2D eigenvalue weighted by Crippen LogP contribution is -2.32. The first-order valence-corrected chi connectivity index (χ1v) is 32.2. The van der Waals surface area contributed by atoms with E-state index in [1.54, 1.807) is 0 Å². The van der Waals surface area contributed by atoms with Gasteiger partial charge in [-0.3, -0.25) is 0 Å². The Morgan fingerprint density at radius 1 is 0.261 bits per heavy atom. The van der Waals surface area contributed by atoms with Gasteiger partial charge in [0.05, 0.1) is 34.1 Å². The molecule has 17 rings (SSSR count). The Balaban J connectivity index is 0.967. The van der Waals surface area contributed by atoms with Crippen LogP contribution in [0.25, 0.3) is 61.9 Å². The van der Waals surface area contributed by atoms with Crippen molar-refractivity contribution < 1.29 is 0 Å². The third-order valence-electron chi connectivity index (χ3n) is 19.0. The molecule has 88 heavy (non-hydrogen) atoms. The molecule has 13 aromatic carbocycles. The first kappa shape index (κ1) is 52.4. The molecule has 0 aliphatic carbocycles. The zero-order valence-electron chi connectivity index (χ0n) is 50.0. The number of hydrogen-bond acceptors (Lipinski definition) is 6. The number of fused-ring (bicyclic) bond motifs is 12. The molecule has 2 aliphatic heterocycles. The minimum Gasteiger partial charge on any atom is -0.310 e. The number of anilines is 12. The van der Waals surface area contributed by atoms with Gasteiger partial charge in [0.2, 0.25) is 0 Å². The number of benzene rings is 13. The summed E-state index contributed by atoms with van der Waals surface area (Å²) in [6.07, 6.45) is 0. The molecule has 422 valence electrons. The molecule has 0 amide bonds. The second-order valence-corrected chi connectivity index (χ2v) is 27.2. The van der Waals surface area contributed by atoms with E-state index in [4.69, 9.17) is 0 Å². The number of thiophene rings is 2. The Bertz CT molecular complexity index is 4900. The zero-order chi connectivity index (χ0) is 59.2. The lowest BCUT2D eigenvalue weighted by atomic mass is 9.72. The second kappa shape index (κ2) is 19.8. The summed E-state index contributed by atoms with van der Waals surface area (Å²) in [5.74, 6) is 0. The summed E-state index contributed by atoms with van der Waals surface area (Å²) < 4.78 is 5.17. The van der Waals surface area contributed by atoms with Crippen LogP contribution in [0.15, 0.2) is 267 Å². The van der Waals surface area contributed by atoms with Gasteiger partial charge in [-0.05, 0) is 170 Å². The molecule has 4 nitrogen and oxygen atoms in total. The highest BCUT2D eigenvalue weighted by atomic mass is 32.1. The van der Waals surface area contributed by atoms with Gasteiger partial charge in [-0.25, -0.2) is 0 Å². The van der Waals surface area contributed by atoms with E-state index < -0.39 is 10.8 Å². The molecule has 2 aromatic heterocycles. The summed E-state index contributed by atoms with van der Waals surface area (Å²) in [7, 11) is 0. The maximum absolute atomic E-state index is 2.66. The van der Waals surface area contributed by atoms with Gasteiger partial charge >= 0.3 is 0 Å². The molecule has 0 saturated heterocycles. The molecule has 0 fully saturated rings. The molecule has 2 aliphatic rings. The van der Waals surface area contributed by atoms with Crippen molar-refractivity contribution in [3.63, 3.8) is 0 Å². The highest BCUT2D eigenvalue weighted by Gasteiger charge is 2.43. The average molecular weight is 1170 g/mol. The standard InChI is InChI=1S/C82H62N4S2/c1-51-35-39-61-65(43-51)79(85-71-41-37-57(83(53-23-11-7-12-24-53)54-25-13-8-14-26-54)45-67(71)81(3,4)69-47-63-59-31-19-21-33-75(59)87-77(63)49-73(69)85)62-40-36-52(2)44-66(62)80(61)86-72-42-38-58(84(55-27-15-9-16-28-55)56-29-17-10-18-30-56)46-68(72)82(5,6)70-48-64-60-32-20-22-34-76(60)88-78(64)50-74(70)86/h7-50H,1-6H3. The third kappa shape index (κ3) is 7.95. The van der Waals surface area contributed by atoms with Crippen molar-refractivity contribution in [2.75, 3.05) is 19.6 Å². The molecule has 0 saturated carbocycles. The highest BCUT2D eigenvalue weighted by molar-refractivity contribution is 7.26. The van der Waals surface area contributed by atoms with Crippen molar-refractivity contribution in [2.45, 2.75) is 52.4 Å². The molecule has 0 atom stereocenters. The molecule has 15 aromatic rings. The van der Waals surface area contributed by atoms with Crippen molar-refractivity contribution in [1.29, 1.82) is 0 Å². The fourth-order valence-corrected chi connectivity index (χ4v) is 17.0. The molecule has 4 heterocycles. The van der Waals surface area contributed by atoms with E-state index >= 15 is 0 Å². The maximum atomic E-state index is 2.66.